The molecule has 0 spiro atoms. The quantitative estimate of drug-likeness (QED) is 0.622. The van der Waals surface area contributed by atoms with E-state index in [-0.39, 0.29) is 0 Å². The third-order valence-corrected chi connectivity index (χ3v) is 3.61. The molecule has 1 rings (SSSR count). The molecule has 0 aromatic carbocycles. The molecule has 1 aliphatic carbocycles. The van der Waals surface area contributed by atoms with Crippen molar-refractivity contribution in [1.29, 1.82) is 0 Å². The Bertz CT molecular complexity index is 187. The molecule has 81 valence electrons. The molecule has 0 aliphatic heterocycles. The monoisotopic (exact) mass is 196 g/mol. The van der Waals surface area contributed by atoms with Gasteiger partial charge in [-0.15, -0.1) is 0 Å². The van der Waals surface area contributed by atoms with Crippen LogP contribution in [0.3, 0.4) is 0 Å². The molecule has 0 N–H and O–H groups in total. The Labute approximate surface area is 87.7 Å². The molecule has 2 heteroatoms. The zero-order chi connectivity index (χ0) is 10.8. The molecule has 0 aromatic heterocycles. The van der Waals surface area contributed by atoms with Crippen molar-refractivity contribution in [3.8, 4) is 0 Å². The highest BCUT2D eigenvalue weighted by atomic mass is 16.1. The highest BCUT2D eigenvalue weighted by molar-refractivity contribution is 5.48. The molecule has 0 saturated heterocycles. The smallest absolute Gasteiger partial charge is 0.312 e. The van der Waals surface area contributed by atoms with Crippen LogP contribution in [-0.2, 0) is 4.79 Å². The molecular weight excluding hydrogens is 174 g/mol. The van der Waals surface area contributed by atoms with Crippen molar-refractivity contribution in [2.75, 3.05) is 7.05 Å². The SMILES string of the molecule is CN([C]=O)C1CCC(C(C)(C)C)CC1. The van der Waals surface area contributed by atoms with E-state index in [9.17, 15) is 4.79 Å². The summed E-state index contributed by atoms with van der Waals surface area (Å²) in [6.07, 6.45) is 6.76. The van der Waals surface area contributed by atoms with E-state index < -0.39 is 0 Å². The molecular formula is C12H22NO. The first-order valence-electron chi connectivity index (χ1n) is 5.55. The van der Waals surface area contributed by atoms with Crippen LogP contribution in [0.5, 0.6) is 0 Å². The number of hydrogen-bond donors (Lipinski definition) is 0. The zero-order valence-electron chi connectivity index (χ0n) is 9.84. The Hall–Kier alpha value is -0.530. The maximum atomic E-state index is 10.5. The predicted octanol–water partition coefficient (Wildman–Crippen LogP) is 2.59. The summed E-state index contributed by atoms with van der Waals surface area (Å²) in [5.41, 5.74) is 0.425. The second kappa shape index (κ2) is 4.33. The lowest BCUT2D eigenvalue weighted by Gasteiger charge is -2.38. The molecule has 0 unspecified atom stereocenters. The minimum Gasteiger partial charge on any atom is -0.335 e. The van der Waals surface area contributed by atoms with Gasteiger partial charge < -0.3 is 4.90 Å². The number of rotatable bonds is 2. The summed E-state index contributed by atoms with van der Waals surface area (Å²) in [6.45, 7) is 6.94. The Kier molecular flexibility index (Phi) is 3.57. The predicted molar refractivity (Wildman–Crippen MR) is 58.7 cm³/mol. The maximum Gasteiger partial charge on any atom is 0.312 e. The number of hydrogen-bond acceptors (Lipinski definition) is 1. The van der Waals surface area contributed by atoms with Crippen LogP contribution < -0.4 is 0 Å². The molecule has 1 aliphatic rings. The fourth-order valence-electron chi connectivity index (χ4n) is 2.40. The van der Waals surface area contributed by atoms with E-state index in [4.69, 9.17) is 0 Å². The molecule has 1 saturated carbocycles. The van der Waals surface area contributed by atoms with E-state index >= 15 is 0 Å². The maximum absolute atomic E-state index is 10.5. The van der Waals surface area contributed by atoms with E-state index in [1.807, 2.05) is 13.5 Å². The van der Waals surface area contributed by atoms with E-state index in [0.29, 0.717) is 11.5 Å². The lowest BCUT2D eigenvalue weighted by molar-refractivity contribution is 0.137. The van der Waals surface area contributed by atoms with Crippen LogP contribution in [0.1, 0.15) is 46.5 Å². The number of amides is 1. The Morgan fingerprint density at radius 3 is 2.00 bits per heavy atom. The van der Waals surface area contributed by atoms with Crippen LogP contribution in [0.4, 0.5) is 0 Å². The van der Waals surface area contributed by atoms with Crippen LogP contribution >= 0.6 is 0 Å². The van der Waals surface area contributed by atoms with Crippen molar-refractivity contribution in [2.45, 2.75) is 52.5 Å². The summed E-state index contributed by atoms with van der Waals surface area (Å²) >= 11 is 0. The highest BCUT2D eigenvalue weighted by Crippen LogP contribution is 2.38. The van der Waals surface area contributed by atoms with Gasteiger partial charge >= 0.3 is 6.41 Å². The number of carbonyl (C=O) groups excluding carboxylic acids is 1. The summed E-state index contributed by atoms with van der Waals surface area (Å²) in [6, 6.07) is 0.436. The molecule has 14 heavy (non-hydrogen) atoms. The second-order valence-corrected chi connectivity index (χ2v) is 5.57. The van der Waals surface area contributed by atoms with Crippen LogP contribution in [0.25, 0.3) is 0 Å². The second-order valence-electron chi connectivity index (χ2n) is 5.57. The average Bonchev–Trinajstić information content (AvgIpc) is 2.15. The van der Waals surface area contributed by atoms with Crippen LogP contribution in [0.2, 0.25) is 0 Å². The molecule has 0 aromatic rings. The van der Waals surface area contributed by atoms with Crippen molar-refractivity contribution in [1.82, 2.24) is 4.90 Å². The first kappa shape index (κ1) is 11.5. The summed E-state index contributed by atoms with van der Waals surface area (Å²) in [7, 11) is 1.84. The summed E-state index contributed by atoms with van der Waals surface area (Å²) in [4.78, 5) is 12.2. The van der Waals surface area contributed by atoms with Gasteiger partial charge in [-0.2, -0.15) is 0 Å². The van der Waals surface area contributed by atoms with Gasteiger partial charge in [-0.25, -0.2) is 0 Å². The molecule has 1 fully saturated rings. The third kappa shape index (κ3) is 2.73. The van der Waals surface area contributed by atoms with E-state index in [2.05, 4.69) is 20.8 Å². The fourth-order valence-corrected chi connectivity index (χ4v) is 2.40. The zero-order valence-corrected chi connectivity index (χ0v) is 9.84. The van der Waals surface area contributed by atoms with Crippen LogP contribution in [-0.4, -0.2) is 24.4 Å². The minimum atomic E-state index is 0.425. The fraction of sp³-hybridized carbons (Fsp3) is 0.917. The van der Waals surface area contributed by atoms with Gasteiger partial charge in [0.05, 0.1) is 0 Å². The molecule has 0 atom stereocenters. The molecule has 0 heterocycles. The van der Waals surface area contributed by atoms with Crippen molar-refractivity contribution >= 4 is 6.41 Å². The van der Waals surface area contributed by atoms with Crippen molar-refractivity contribution in [3.63, 3.8) is 0 Å². The topological polar surface area (TPSA) is 20.3 Å². The Morgan fingerprint density at radius 1 is 1.14 bits per heavy atom. The Balaban J connectivity index is 2.42. The third-order valence-electron chi connectivity index (χ3n) is 3.61. The lowest BCUT2D eigenvalue weighted by atomic mass is 9.71. The molecule has 2 nitrogen and oxygen atoms in total. The largest absolute Gasteiger partial charge is 0.335 e. The highest BCUT2D eigenvalue weighted by Gasteiger charge is 2.30. The van der Waals surface area contributed by atoms with Gasteiger partial charge in [0, 0.05) is 13.1 Å². The van der Waals surface area contributed by atoms with Gasteiger partial charge in [0.15, 0.2) is 0 Å². The van der Waals surface area contributed by atoms with Crippen molar-refractivity contribution < 1.29 is 4.79 Å². The average molecular weight is 196 g/mol. The van der Waals surface area contributed by atoms with E-state index in [1.54, 1.807) is 4.90 Å². The molecule has 1 amide bonds. The summed E-state index contributed by atoms with van der Waals surface area (Å²) < 4.78 is 0. The van der Waals surface area contributed by atoms with E-state index in [0.717, 1.165) is 18.8 Å². The van der Waals surface area contributed by atoms with Gasteiger partial charge in [-0.05, 0) is 37.0 Å². The Morgan fingerprint density at radius 2 is 1.64 bits per heavy atom. The van der Waals surface area contributed by atoms with E-state index in [1.165, 1.54) is 12.8 Å². The van der Waals surface area contributed by atoms with Gasteiger partial charge in [0.2, 0.25) is 0 Å². The van der Waals surface area contributed by atoms with Gasteiger partial charge in [-0.3, -0.25) is 4.79 Å². The van der Waals surface area contributed by atoms with Gasteiger partial charge in [0.25, 0.3) is 0 Å². The standard InChI is InChI=1S/C12H22NO/c1-12(2,3)10-5-7-11(8-6-10)13(4)9-14/h10-11H,5-8H2,1-4H3. The molecule has 1 radical (unpaired) electrons. The normalized spacial score (nSPS) is 28.6. The van der Waals surface area contributed by atoms with Gasteiger partial charge in [-0.1, -0.05) is 20.8 Å². The summed E-state index contributed by atoms with van der Waals surface area (Å²) in [5, 5.41) is 0. The minimum absolute atomic E-state index is 0.425. The first-order chi connectivity index (χ1) is 6.45. The lowest BCUT2D eigenvalue weighted by Crippen LogP contribution is -2.36. The van der Waals surface area contributed by atoms with Crippen molar-refractivity contribution in [3.05, 3.63) is 0 Å². The molecule has 0 bridgehead atoms. The van der Waals surface area contributed by atoms with Crippen molar-refractivity contribution in [2.24, 2.45) is 11.3 Å². The number of nitrogens with zero attached hydrogens (tertiary/aromatic N) is 1. The summed E-state index contributed by atoms with van der Waals surface area (Å²) in [5.74, 6) is 0.818. The first-order valence-corrected chi connectivity index (χ1v) is 5.55. The van der Waals surface area contributed by atoms with Crippen LogP contribution in [0, 0.1) is 11.3 Å². The van der Waals surface area contributed by atoms with Gasteiger partial charge in [0.1, 0.15) is 0 Å². The van der Waals surface area contributed by atoms with Crippen LogP contribution in [0.15, 0.2) is 0 Å².